The highest BCUT2D eigenvalue weighted by molar-refractivity contribution is 6.33. The lowest BCUT2D eigenvalue weighted by Crippen LogP contribution is -2.17. The van der Waals surface area contributed by atoms with Crippen LogP contribution in [0.4, 0.5) is 0 Å². The minimum absolute atomic E-state index is 0.346. The number of Topliss-reactive ketones (excluding diaryl/α,β-unsaturated/α-hetero) is 1. The lowest BCUT2D eigenvalue weighted by Gasteiger charge is -2.03. The zero-order valence-electron chi connectivity index (χ0n) is 12.0. The molecular weight excluding hydrogens is 228 g/mol. The lowest BCUT2D eigenvalue weighted by molar-refractivity contribution is -0.154. The molecule has 0 aromatic heterocycles. The number of hydrogen-bond donors (Lipinski definition) is 0. The van der Waals surface area contributed by atoms with Crippen molar-refractivity contribution in [2.75, 3.05) is 6.61 Å². The summed E-state index contributed by atoms with van der Waals surface area (Å²) in [5.41, 5.74) is 0. The van der Waals surface area contributed by atoms with Gasteiger partial charge < -0.3 is 4.74 Å². The van der Waals surface area contributed by atoms with E-state index in [2.05, 4.69) is 13.8 Å². The van der Waals surface area contributed by atoms with Crippen molar-refractivity contribution in [3.8, 4) is 0 Å². The summed E-state index contributed by atoms with van der Waals surface area (Å²) in [6.45, 7) is 4.65. The topological polar surface area (TPSA) is 43.4 Å². The summed E-state index contributed by atoms with van der Waals surface area (Å²) in [5, 5.41) is 0. The first-order valence-electron chi connectivity index (χ1n) is 7.42. The van der Waals surface area contributed by atoms with Gasteiger partial charge in [-0.05, 0) is 12.8 Å². The van der Waals surface area contributed by atoms with Gasteiger partial charge in [-0.15, -0.1) is 0 Å². The van der Waals surface area contributed by atoms with Gasteiger partial charge in [-0.3, -0.25) is 4.79 Å². The maximum atomic E-state index is 11.4. The van der Waals surface area contributed by atoms with Gasteiger partial charge in [0.15, 0.2) is 0 Å². The Morgan fingerprint density at radius 3 is 2.00 bits per heavy atom. The van der Waals surface area contributed by atoms with Crippen LogP contribution in [0.1, 0.15) is 78.1 Å². The third-order valence-electron chi connectivity index (χ3n) is 2.97. The van der Waals surface area contributed by atoms with Gasteiger partial charge in [0.25, 0.3) is 0 Å². The fourth-order valence-corrected chi connectivity index (χ4v) is 1.77. The van der Waals surface area contributed by atoms with Crippen LogP contribution in [0.25, 0.3) is 0 Å². The van der Waals surface area contributed by atoms with Crippen LogP contribution in [0.3, 0.4) is 0 Å². The van der Waals surface area contributed by atoms with Crippen molar-refractivity contribution in [1.29, 1.82) is 0 Å². The molecule has 0 saturated carbocycles. The molecular formula is C15H28O3. The van der Waals surface area contributed by atoms with E-state index in [9.17, 15) is 9.59 Å². The van der Waals surface area contributed by atoms with Crippen molar-refractivity contribution in [2.45, 2.75) is 78.1 Å². The average molecular weight is 256 g/mol. The van der Waals surface area contributed by atoms with Crippen LogP contribution >= 0.6 is 0 Å². The van der Waals surface area contributed by atoms with Crippen LogP contribution in [0, 0.1) is 0 Å². The molecule has 0 atom stereocenters. The highest BCUT2D eigenvalue weighted by atomic mass is 16.5. The van der Waals surface area contributed by atoms with Crippen molar-refractivity contribution in [3.63, 3.8) is 0 Å². The molecule has 0 aliphatic carbocycles. The van der Waals surface area contributed by atoms with E-state index in [1.807, 2.05) is 0 Å². The average Bonchev–Trinajstić information content (AvgIpc) is 2.38. The van der Waals surface area contributed by atoms with Crippen LogP contribution in [-0.2, 0) is 14.3 Å². The third-order valence-corrected chi connectivity index (χ3v) is 2.97. The second kappa shape index (κ2) is 12.6. The van der Waals surface area contributed by atoms with Gasteiger partial charge >= 0.3 is 5.97 Å². The summed E-state index contributed by atoms with van der Waals surface area (Å²) in [6.07, 6.45) is 10.0. The van der Waals surface area contributed by atoms with Gasteiger partial charge in [0.1, 0.15) is 0 Å². The molecule has 3 nitrogen and oxygen atoms in total. The van der Waals surface area contributed by atoms with Crippen LogP contribution in [0.5, 0.6) is 0 Å². The highest BCUT2D eigenvalue weighted by Crippen LogP contribution is 2.07. The molecule has 0 amide bonds. The molecule has 18 heavy (non-hydrogen) atoms. The summed E-state index contributed by atoms with van der Waals surface area (Å²) in [5.74, 6) is -0.998. The SMILES string of the molecule is CCCCCCCCC(=O)C(=O)OCCCCC. The molecule has 0 N–H and O–H groups in total. The molecule has 0 aliphatic heterocycles. The monoisotopic (exact) mass is 256 g/mol. The Kier molecular flexibility index (Phi) is 12.0. The van der Waals surface area contributed by atoms with Gasteiger partial charge in [0.05, 0.1) is 6.61 Å². The minimum atomic E-state index is -0.639. The van der Waals surface area contributed by atoms with E-state index in [4.69, 9.17) is 4.74 Å². The van der Waals surface area contributed by atoms with Gasteiger partial charge in [-0.1, -0.05) is 58.8 Å². The predicted octanol–water partition coefficient (Wildman–Crippen LogP) is 4.04. The number of carbonyl (C=O) groups is 2. The molecule has 0 unspecified atom stereocenters. The second-order valence-electron chi connectivity index (χ2n) is 4.78. The summed E-state index contributed by atoms with van der Waals surface area (Å²) in [6, 6.07) is 0. The molecule has 0 aliphatic rings. The number of ketones is 1. The molecule has 0 rings (SSSR count). The Balaban J connectivity index is 3.41. The predicted molar refractivity (Wildman–Crippen MR) is 73.5 cm³/mol. The summed E-state index contributed by atoms with van der Waals surface area (Å²) in [4.78, 5) is 22.7. The van der Waals surface area contributed by atoms with E-state index in [1.54, 1.807) is 0 Å². The largest absolute Gasteiger partial charge is 0.460 e. The standard InChI is InChI=1S/C15H28O3/c1-3-5-7-8-9-10-12-14(16)15(17)18-13-11-6-4-2/h3-13H2,1-2H3. The van der Waals surface area contributed by atoms with Crippen LogP contribution in [0.15, 0.2) is 0 Å². The van der Waals surface area contributed by atoms with Gasteiger partial charge in [0.2, 0.25) is 5.78 Å². The quantitative estimate of drug-likeness (QED) is 0.301. The van der Waals surface area contributed by atoms with E-state index < -0.39 is 5.97 Å². The first kappa shape index (κ1) is 17.1. The van der Waals surface area contributed by atoms with Crippen molar-refractivity contribution >= 4 is 11.8 Å². The zero-order chi connectivity index (χ0) is 13.6. The Morgan fingerprint density at radius 2 is 1.33 bits per heavy atom. The first-order valence-corrected chi connectivity index (χ1v) is 7.42. The van der Waals surface area contributed by atoms with Crippen molar-refractivity contribution in [2.24, 2.45) is 0 Å². The minimum Gasteiger partial charge on any atom is -0.460 e. The van der Waals surface area contributed by atoms with Gasteiger partial charge in [0, 0.05) is 6.42 Å². The molecule has 106 valence electrons. The molecule has 0 radical (unpaired) electrons. The summed E-state index contributed by atoms with van der Waals surface area (Å²) >= 11 is 0. The summed E-state index contributed by atoms with van der Waals surface area (Å²) in [7, 11) is 0. The van der Waals surface area contributed by atoms with E-state index >= 15 is 0 Å². The van der Waals surface area contributed by atoms with Crippen LogP contribution < -0.4 is 0 Å². The van der Waals surface area contributed by atoms with E-state index in [-0.39, 0.29) is 5.78 Å². The molecule has 3 heteroatoms. The smallest absolute Gasteiger partial charge is 0.374 e. The number of unbranched alkanes of at least 4 members (excludes halogenated alkanes) is 7. The molecule has 0 heterocycles. The van der Waals surface area contributed by atoms with Gasteiger partial charge in [-0.2, -0.15) is 0 Å². The highest BCUT2D eigenvalue weighted by Gasteiger charge is 2.14. The fourth-order valence-electron chi connectivity index (χ4n) is 1.77. The van der Waals surface area contributed by atoms with Crippen LogP contribution in [0.2, 0.25) is 0 Å². The number of rotatable bonds is 12. The lowest BCUT2D eigenvalue weighted by atomic mass is 10.1. The molecule has 0 fully saturated rings. The third kappa shape index (κ3) is 10.3. The molecule has 0 bridgehead atoms. The van der Waals surface area contributed by atoms with Crippen molar-refractivity contribution in [1.82, 2.24) is 0 Å². The van der Waals surface area contributed by atoms with E-state index in [1.165, 1.54) is 19.3 Å². The number of ether oxygens (including phenoxy) is 1. The maximum Gasteiger partial charge on any atom is 0.374 e. The Hall–Kier alpha value is -0.860. The maximum absolute atomic E-state index is 11.4. The number of hydrogen-bond acceptors (Lipinski definition) is 3. The first-order chi connectivity index (χ1) is 8.72. The van der Waals surface area contributed by atoms with Crippen LogP contribution in [-0.4, -0.2) is 18.4 Å². The Labute approximate surface area is 111 Å². The molecule has 0 aromatic rings. The normalized spacial score (nSPS) is 10.3. The Bertz CT molecular complexity index is 224. The Morgan fingerprint density at radius 1 is 0.778 bits per heavy atom. The molecule has 0 spiro atoms. The van der Waals surface area contributed by atoms with Crippen molar-refractivity contribution < 1.29 is 14.3 Å². The molecule has 0 saturated heterocycles. The molecule has 0 aromatic carbocycles. The number of esters is 1. The van der Waals surface area contributed by atoms with E-state index in [0.29, 0.717) is 13.0 Å². The van der Waals surface area contributed by atoms with E-state index in [0.717, 1.165) is 38.5 Å². The summed E-state index contributed by atoms with van der Waals surface area (Å²) < 4.78 is 4.91. The van der Waals surface area contributed by atoms with Crippen molar-refractivity contribution in [3.05, 3.63) is 0 Å². The number of carbonyl (C=O) groups excluding carboxylic acids is 2. The zero-order valence-corrected chi connectivity index (χ0v) is 12.0. The van der Waals surface area contributed by atoms with Gasteiger partial charge in [-0.25, -0.2) is 4.79 Å². The fraction of sp³-hybridized carbons (Fsp3) is 0.867. The second-order valence-corrected chi connectivity index (χ2v) is 4.78.